The normalized spacial score (nSPS) is 25.1. The Hall–Kier alpha value is -1.70. The molecular weight excluding hydrogens is 304 g/mol. The second-order valence-electron chi connectivity index (χ2n) is 5.34. The molecule has 1 aromatic carbocycles. The predicted octanol–water partition coefficient (Wildman–Crippen LogP) is 0.621. The monoisotopic (exact) mass is 322 g/mol. The number of para-hydroxylation sites is 1. The van der Waals surface area contributed by atoms with E-state index in [0.29, 0.717) is 25.4 Å². The third-order valence-electron chi connectivity index (χ3n) is 3.92. The Bertz CT molecular complexity index is 695. The van der Waals surface area contributed by atoms with Crippen LogP contribution in [0.3, 0.4) is 0 Å². The molecule has 2 heterocycles. The summed E-state index contributed by atoms with van der Waals surface area (Å²) in [5, 5.41) is 3.25. The highest BCUT2D eigenvalue weighted by Crippen LogP contribution is 2.41. The molecule has 2 aliphatic rings. The van der Waals surface area contributed by atoms with E-state index in [1.54, 1.807) is 18.2 Å². The lowest BCUT2D eigenvalue weighted by atomic mass is 9.92. The van der Waals surface area contributed by atoms with E-state index in [1.807, 2.05) is 6.07 Å². The Labute approximate surface area is 129 Å². The summed E-state index contributed by atoms with van der Waals surface area (Å²) in [5.74, 6) is -1.24. The van der Waals surface area contributed by atoms with Crippen molar-refractivity contribution in [3.8, 4) is 0 Å². The average molecular weight is 322 g/mol. The summed E-state index contributed by atoms with van der Waals surface area (Å²) in [5.41, 5.74) is 1.16. The van der Waals surface area contributed by atoms with Crippen LogP contribution in [0.15, 0.2) is 36.9 Å². The van der Waals surface area contributed by atoms with Gasteiger partial charge >= 0.3 is 0 Å². The molecule has 1 N–H and O–H groups in total. The van der Waals surface area contributed by atoms with Crippen molar-refractivity contribution < 1.29 is 17.9 Å². The number of sulfonamides is 1. The van der Waals surface area contributed by atoms with Crippen LogP contribution in [-0.2, 0) is 19.6 Å². The van der Waals surface area contributed by atoms with Gasteiger partial charge in [-0.1, -0.05) is 24.3 Å². The summed E-state index contributed by atoms with van der Waals surface area (Å²) in [7, 11) is -3.75. The van der Waals surface area contributed by atoms with E-state index in [1.165, 1.54) is 6.08 Å². The maximum absolute atomic E-state index is 12.8. The van der Waals surface area contributed by atoms with Gasteiger partial charge in [-0.25, -0.2) is 12.7 Å². The second-order valence-corrected chi connectivity index (χ2v) is 7.20. The van der Waals surface area contributed by atoms with Crippen LogP contribution in [0.1, 0.15) is 11.5 Å². The first kappa shape index (κ1) is 15.2. The zero-order chi connectivity index (χ0) is 15.7. The maximum Gasteiger partial charge on any atom is 0.250 e. The van der Waals surface area contributed by atoms with Crippen LogP contribution in [0.5, 0.6) is 0 Å². The summed E-state index contributed by atoms with van der Waals surface area (Å²) >= 11 is 0. The Morgan fingerprint density at radius 1 is 1.41 bits per heavy atom. The van der Waals surface area contributed by atoms with Crippen molar-refractivity contribution in [1.82, 2.24) is 5.32 Å². The molecular formula is C15H18N2O4S. The summed E-state index contributed by atoms with van der Waals surface area (Å²) in [4.78, 5) is 12.8. The molecule has 2 unspecified atom stereocenters. The van der Waals surface area contributed by atoms with Gasteiger partial charge in [-0.05, 0) is 11.6 Å². The van der Waals surface area contributed by atoms with Crippen molar-refractivity contribution in [3.63, 3.8) is 0 Å². The fraction of sp³-hybridized carbons (Fsp3) is 0.400. The molecule has 22 heavy (non-hydrogen) atoms. The number of carbonyl (C=O) groups is 1. The van der Waals surface area contributed by atoms with Crippen molar-refractivity contribution in [3.05, 3.63) is 42.5 Å². The number of fused-ring (bicyclic) bond motifs is 1. The van der Waals surface area contributed by atoms with Crippen molar-refractivity contribution in [2.24, 2.45) is 0 Å². The molecule has 6 nitrogen and oxygen atoms in total. The lowest BCUT2D eigenvalue weighted by Gasteiger charge is -2.28. The van der Waals surface area contributed by atoms with E-state index in [9.17, 15) is 13.2 Å². The third-order valence-corrected chi connectivity index (χ3v) is 5.51. The zero-order valence-electron chi connectivity index (χ0n) is 12.1. The van der Waals surface area contributed by atoms with Gasteiger partial charge in [0.25, 0.3) is 0 Å². The standard InChI is InChI=1S/C15H18N2O4S/c1-2-9-22(19,20)17-13-6-4-3-5-11(13)14(15(17)18)12-10-21-8-7-16-12/h2-6,12,14,16H,1,7-10H2. The maximum atomic E-state index is 12.8. The number of amides is 1. The molecule has 2 aliphatic heterocycles. The smallest absolute Gasteiger partial charge is 0.250 e. The van der Waals surface area contributed by atoms with Gasteiger partial charge in [-0.2, -0.15) is 0 Å². The minimum atomic E-state index is -3.75. The van der Waals surface area contributed by atoms with E-state index in [-0.39, 0.29) is 11.8 Å². The van der Waals surface area contributed by atoms with Crippen LogP contribution in [0, 0.1) is 0 Å². The summed E-state index contributed by atoms with van der Waals surface area (Å²) in [6.45, 7) is 5.09. The molecule has 118 valence electrons. The van der Waals surface area contributed by atoms with Crippen molar-refractivity contribution in [1.29, 1.82) is 0 Å². The van der Waals surface area contributed by atoms with Crippen LogP contribution in [0.2, 0.25) is 0 Å². The average Bonchev–Trinajstić information content (AvgIpc) is 2.80. The molecule has 0 aromatic heterocycles. The van der Waals surface area contributed by atoms with Crippen LogP contribution in [0.4, 0.5) is 5.69 Å². The molecule has 1 fully saturated rings. The molecule has 0 radical (unpaired) electrons. The molecule has 2 atom stereocenters. The quantitative estimate of drug-likeness (QED) is 0.823. The number of carbonyl (C=O) groups excluding carboxylic acids is 1. The van der Waals surface area contributed by atoms with Crippen LogP contribution >= 0.6 is 0 Å². The number of hydrogen-bond donors (Lipinski definition) is 1. The van der Waals surface area contributed by atoms with Gasteiger partial charge < -0.3 is 10.1 Å². The predicted molar refractivity (Wildman–Crippen MR) is 83.3 cm³/mol. The van der Waals surface area contributed by atoms with Crippen LogP contribution in [0.25, 0.3) is 0 Å². The summed E-state index contributed by atoms with van der Waals surface area (Å²) in [6.07, 6.45) is 1.29. The lowest BCUT2D eigenvalue weighted by molar-refractivity contribution is -0.119. The first-order chi connectivity index (χ1) is 10.6. The van der Waals surface area contributed by atoms with Gasteiger partial charge in [0.2, 0.25) is 15.9 Å². The minimum absolute atomic E-state index is 0.216. The largest absolute Gasteiger partial charge is 0.378 e. The Morgan fingerprint density at radius 2 is 2.18 bits per heavy atom. The fourth-order valence-electron chi connectivity index (χ4n) is 3.01. The zero-order valence-corrected chi connectivity index (χ0v) is 12.9. The van der Waals surface area contributed by atoms with E-state index in [4.69, 9.17) is 4.74 Å². The van der Waals surface area contributed by atoms with Gasteiger partial charge in [-0.15, -0.1) is 6.58 Å². The number of anilines is 1. The fourth-order valence-corrected chi connectivity index (χ4v) is 4.31. The molecule has 0 bridgehead atoms. The molecule has 0 aliphatic carbocycles. The van der Waals surface area contributed by atoms with E-state index >= 15 is 0 Å². The van der Waals surface area contributed by atoms with Gasteiger partial charge in [0.05, 0.1) is 30.6 Å². The highest BCUT2D eigenvalue weighted by atomic mass is 32.2. The third kappa shape index (κ3) is 2.45. The van der Waals surface area contributed by atoms with Crippen LogP contribution < -0.4 is 9.62 Å². The van der Waals surface area contributed by atoms with Crippen molar-refractivity contribution >= 4 is 21.6 Å². The second kappa shape index (κ2) is 5.83. The van der Waals surface area contributed by atoms with Gasteiger partial charge in [0, 0.05) is 12.6 Å². The molecule has 1 aromatic rings. The van der Waals surface area contributed by atoms with Gasteiger partial charge in [0.1, 0.15) is 0 Å². The number of morpholine rings is 1. The first-order valence-corrected chi connectivity index (χ1v) is 8.75. The molecule has 3 rings (SSSR count). The Kier molecular flexibility index (Phi) is 4.03. The number of nitrogens with zero attached hydrogens (tertiary/aromatic N) is 1. The Morgan fingerprint density at radius 3 is 2.86 bits per heavy atom. The lowest BCUT2D eigenvalue weighted by Crippen LogP contribution is -2.48. The highest BCUT2D eigenvalue weighted by molar-refractivity contribution is 7.93. The molecule has 1 amide bonds. The molecule has 1 saturated heterocycles. The topological polar surface area (TPSA) is 75.7 Å². The number of benzene rings is 1. The molecule has 7 heteroatoms. The first-order valence-electron chi connectivity index (χ1n) is 7.14. The number of rotatable bonds is 4. The molecule has 0 spiro atoms. The van der Waals surface area contributed by atoms with Crippen molar-refractivity contribution in [2.75, 3.05) is 29.8 Å². The van der Waals surface area contributed by atoms with Crippen molar-refractivity contribution in [2.45, 2.75) is 12.0 Å². The van der Waals surface area contributed by atoms with Gasteiger partial charge in [0.15, 0.2) is 0 Å². The number of nitrogens with one attached hydrogen (secondary N) is 1. The van der Waals surface area contributed by atoms with Crippen LogP contribution in [-0.4, -0.2) is 45.9 Å². The highest BCUT2D eigenvalue weighted by Gasteiger charge is 2.46. The number of ether oxygens (including phenoxy) is 1. The Balaban J connectivity index is 2.04. The summed E-state index contributed by atoms with van der Waals surface area (Å²) in [6, 6.07) is 6.79. The van der Waals surface area contributed by atoms with E-state index in [0.717, 1.165) is 9.87 Å². The SMILES string of the molecule is C=CCS(=O)(=O)N1C(=O)C(C2COCCN2)c2ccccc21. The minimum Gasteiger partial charge on any atom is -0.378 e. The van der Waals surface area contributed by atoms with E-state index in [2.05, 4.69) is 11.9 Å². The number of hydrogen-bond acceptors (Lipinski definition) is 5. The van der Waals surface area contributed by atoms with Gasteiger partial charge in [-0.3, -0.25) is 4.79 Å². The molecule has 0 saturated carbocycles. The van der Waals surface area contributed by atoms with E-state index < -0.39 is 21.8 Å². The summed E-state index contributed by atoms with van der Waals surface area (Å²) < 4.78 is 31.2.